The highest BCUT2D eigenvalue weighted by molar-refractivity contribution is 5.18. The van der Waals surface area contributed by atoms with Crippen molar-refractivity contribution in [3.05, 3.63) is 35.9 Å². The Morgan fingerprint density at radius 3 is 2.60 bits per heavy atom. The van der Waals surface area contributed by atoms with E-state index >= 15 is 0 Å². The molecule has 0 radical (unpaired) electrons. The lowest BCUT2D eigenvalue weighted by molar-refractivity contribution is 0.144. The fourth-order valence-electron chi connectivity index (χ4n) is 2.29. The van der Waals surface area contributed by atoms with Crippen LogP contribution in [-0.2, 0) is 0 Å². The van der Waals surface area contributed by atoms with E-state index in [1.807, 2.05) is 6.07 Å². The summed E-state index contributed by atoms with van der Waals surface area (Å²) < 4.78 is 0. The van der Waals surface area contributed by atoms with Crippen LogP contribution in [0.1, 0.15) is 37.8 Å². The van der Waals surface area contributed by atoms with Crippen molar-refractivity contribution in [2.24, 2.45) is 0 Å². The highest BCUT2D eigenvalue weighted by atomic mass is 16.3. The van der Waals surface area contributed by atoms with E-state index in [9.17, 15) is 5.11 Å². The number of rotatable bonds is 3. The van der Waals surface area contributed by atoms with Crippen LogP contribution in [0.4, 0.5) is 0 Å². The first-order valence-electron chi connectivity index (χ1n) is 5.76. The van der Waals surface area contributed by atoms with E-state index < -0.39 is 0 Å². The molecule has 2 rings (SSSR count). The van der Waals surface area contributed by atoms with Crippen molar-refractivity contribution in [2.45, 2.75) is 44.4 Å². The maximum atomic E-state index is 9.72. The van der Waals surface area contributed by atoms with Crippen molar-refractivity contribution < 1.29 is 5.11 Å². The predicted octanol–water partition coefficient (Wildman–Crippen LogP) is 2.25. The van der Waals surface area contributed by atoms with Gasteiger partial charge >= 0.3 is 0 Å². The average Bonchev–Trinajstić information content (AvgIpc) is 2.66. The third-order valence-electron chi connectivity index (χ3n) is 3.24. The van der Waals surface area contributed by atoms with Crippen molar-refractivity contribution in [1.82, 2.24) is 5.32 Å². The Morgan fingerprint density at radius 2 is 2.00 bits per heavy atom. The molecule has 1 aliphatic carbocycles. The largest absolute Gasteiger partial charge is 0.392 e. The van der Waals surface area contributed by atoms with Gasteiger partial charge in [0.15, 0.2) is 0 Å². The molecule has 0 saturated heterocycles. The first-order chi connectivity index (χ1) is 7.27. The maximum Gasteiger partial charge on any atom is 0.0693 e. The molecule has 1 fully saturated rings. The second kappa shape index (κ2) is 4.77. The number of aliphatic hydroxyl groups is 1. The van der Waals surface area contributed by atoms with Crippen molar-refractivity contribution >= 4 is 0 Å². The zero-order valence-corrected chi connectivity index (χ0v) is 9.19. The SMILES string of the molecule is C[C@@H](NC1CCC[C@H]1O)c1ccccc1. The second-order valence-electron chi connectivity index (χ2n) is 4.40. The minimum Gasteiger partial charge on any atom is -0.392 e. The zero-order valence-electron chi connectivity index (χ0n) is 9.19. The van der Waals surface area contributed by atoms with Crippen LogP contribution in [0.15, 0.2) is 30.3 Å². The standard InChI is InChI=1S/C13H19NO/c1-10(11-6-3-2-4-7-11)14-12-8-5-9-13(12)15/h2-4,6-7,10,12-15H,5,8-9H2,1H3/t10-,12?,13-/m1/s1. The van der Waals surface area contributed by atoms with Gasteiger partial charge in [0.1, 0.15) is 0 Å². The van der Waals surface area contributed by atoms with Gasteiger partial charge in [-0.2, -0.15) is 0 Å². The van der Waals surface area contributed by atoms with Crippen LogP contribution in [-0.4, -0.2) is 17.3 Å². The topological polar surface area (TPSA) is 32.3 Å². The van der Waals surface area contributed by atoms with Crippen LogP contribution in [0.2, 0.25) is 0 Å². The van der Waals surface area contributed by atoms with E-state index in [-0.39, 0.29) is 12.1 Å². The molecular formula is C13H19NO. The van der Waals surface area contributed by atoms with Crippen LogP contribution >= 0.6 is 0 Å². The molecular weight excluding hydrogens is 186 g/mol. The molecule has 0 spiro atoms. The molecule has 0 aromatic heterocycles. The Bertz CT molecular complexity index is 299. The summed E-state index contributed by atoms with van der Waals surface area (Å²) in [5, 5.41) is 13.2. The lowest BCUT2D eigenvalue weighted by Crippen LogP contribution is -2.37. The fourth-order valence-corrected chi connectivity index (χ4v) is 2.29. The first kappa shape index (κ1) is 10.7. The molecule has 0 bridgehead atoms. The molecule has 15 heavy (non-hydrogen) atoms. The van der Waals surface area contributed by atoms with Gasteiger partial charge in [0.2, 0.25) is 0 Å². The molecule has 1 aromatic rings. The predicted molar refractivity (Wildman–Crippen MR) is 61.6 cm³/mol. The van der Waals surface area contributed by atoms with E-state index in [4.69, 9.17) is 0 Å². The normalized spacial score (nSPS) is 27.9. The first-order valence-corrected chi connectivity index (χ1v) is 5.76. The van der Waals surface area contributed by atoms with E-state index in [0.29, 0.717) is 6.04 Å². The van der Waals surface area contributed by atoms with Crippen LogP contribution < -0.4 is 5.32 Å². The summed E-state index contributed by atoms with van der Waals surface area (Å²) in [6.45, 7) is 2.15. The molecule has 0 heterocycles. The summed E-state index contributed by atoms with van der Waals surface area (Å²) >= 11 is 0. The molecule has 1 aromatic carbocycles. The molecule has 3 atom stereocenters. The van der Waals surface area contributed by atoms with Gasteiger partial charge in [-0.1, -0.05) is 30.3 Å². The smallest absolute Gasteiger partial charge is 0.0693 e. The minimum atomic E-state index is -0.156. The monoisotopic (exact) mass is 205 g/mol. The minimum absolute atomic E-state index is 0.156. The summed E-state index contributed by atoms with van der Waals surface area (Å²) in [4.78, 5) is 0. The van der Waals surface area contributed by atoms with Crippen molar-refractivity contribution in [3.63, 3.8) is 0 Å². The van der Waals surface area contributed by atoms with Crippen molar-refractivity contribution in [1.29, 1.82) is 0 Å². The van der Waals surface area contributed by atoms with E-state index in [0.717, 1.165) is 19.3 Å². The van der Waals surface area contributed by atoms with E-state index in [1.54, 1.807) is 0 Å². The Labute approximate surface area is 91.3 Å². The van der Waals surface area contributed by atoms with Crippen molar-refractivity contribution in [3.8, 4) is 0 Å². The molecule has 2 heteroatoms. The maximum absolute atomic E-state index is 9.72. The quantitative estimate of drug-likeness (QED) is 0.793. The Hall–Kier alpha value is -0.860. The number of hydrogen-bond donors (Lipinski definition) is 2. The van der Waals surface area contributed by atoms with Gasteiger partial charge in [0.25, 0.3) is 0 Å². The van der Waals surface area contributed by atoms with Gasteiger partial charge in [0.05, 0.1) is 6.10 Å². The summed E-state index contributed by atoms with van der Waals surface area (Å²) in [5.74, 6) is 0. The molecule has 1 unspecified atom stereocenters. The molecule has 1 aliphatic rings. The molecule has 0 aliphatic heterocycles. The lowest BCUT2D eigenvalue weighted by Gasteiger charge is -2.22. The third kappa shape index (κ3) is 2.58. The van der Waals surface area contributed by atoms with E-state index in [1.165, 1.54) is 5.56 Å². The summed E-state index contributed by atoms with van der Waals surface area (Å²) in [7, 11) is 0. The van der Waals surface area contributed by atoms with Gasteiger partial charge in [0, 0.05) is 12.1 Å². The number of benzene rings is 1. The van der Waals surface area contributed by atoms with Crippen molar-refractivity contribution in [2.75, 3.05) is 0 Å². The Kier molecular flexibility index (Phi) is 3.39. The third-order valence-corrected chi connectivity index (χ3v) is 3.24. The van der Waals surface area contributed by atoms with Gasteiger partial charge in [-0.3, -0.25) is 0 Å². The van der Waals surface area contributed by atoms with Crippen LogP contribution in [0, 0.1) is 0 Å². The second-order valence-corrected chi connectivity index (χ2v) is 4.40. The van der Waals surface area contributed by atoms with Crippen LogP contribution in [0.3, 0.4) is 0 Å². The van der Waals surface area contributed by atoms with E-state index in [2.05, 4.69) is 36.5 Å². The zero-order chi connectivity index (χ0) is 10.7. The molecule has 2 N–H and O–H groups in total. The average molecular weight is 205 g/mol. The Morgan fingerprint density at radius 1 is 1.27 bits per heavy atom. The van der Waals surface area contributed by atoms with Gasteiger partial charge < -0.3 is 10.4 Å². The van der Waals surface area contributed by atoms with Crippen LogP contribution in [0.25, 0.3) is 0 Å². The number of nitrogens with one attached hydrogen (secondary N) is 1. The van der Waals surface area contributed by atoms with Crippen LogP contribution in [0.5, 0.6) is 0 Å². The fraction of sp³-hybridized carbons (Fsp3) is 0.538. The lowest BCUT2D eigenvalue weighted by atomic mass is 10.1. The number of hydrogen-bond acceptors (Lipinski definition) is 2. The summed E-state index contributed by atoms with van der Waals surface area (Å²) in [6.07, 6.45) is 3.02. The highest BCUT2D eigenvalue weighted by Crippen LogP contribution is 2.22. The molecule has 82 valence electrons. The number of aliphatic hydroxyl groups excluding tert-OH is 1. The van der Waals surface area contributed by atoms with Gasteiger partial charge in [-0.25, -0.2) is 0 Å². The molecule has 2 nitrogen and oxygen atoms in total. The molecule has 1 saturated carbocycles. The van der Waals surface area contributed by atoms with Gasteiger partial charge in [-0.05, 0) is 31.7 Å². The Balaban J connectivity index is 1.95. The highest BCUT2D eigenvalue weighted by Gasteiger charge is 2.26. The summed E-state index contributed by atoms with van der Waals surface area (Å²) in [6, 6.07) is 11.0. The van der Waals surface area contributed by atoms with Gasteiger partial charge in [-0.15, -0.1) is 0 Å². The summed E-state index contributed by atoms with van der Waals surface area (Å²) in [5.41, 5.74) is 1.29. The molecule has 0 amide bonds.